The molecule has 20 heavy (non-hydrogen) atoms. The summed E-state index contributed by atoms with van der Waals surface area (Å²) in [7, 11) is 0. The van der Waals surface area contributed by atoms with E-state index < -0.39 is 5.67 Å². The van der Waals surface area contributed by atoms with E-state index in [-0.39, 0.29) is 30.0 Å². The Morgan fingerprint density at radius 1 is 1.40 bits per heavy atom. The molecule has 1 heterocycles. The molecule has 0 saturated heterocycles. The summed E-state index contributed by atoms with van der Waals surface area (Å²) in [5, 5.41) is 7.04. The van der Waals surface area contributed by atoms with Crippen LogP contribution in [0.1, 0.15) is 24.8 Å². The highest BCUT2D eigenvalue weighted by Gasteiger charge is 2.46. The van der Waals surface area contributed by atoms with Crippen molar-refractivity contribution >= 4 is 41.5 Å². The monoisotopic (exact) mass is 409 g/mol. The molecule has 3 nitrogen and oxygen atoms in total. The fourth-order valence-electron chi connectivity index (χ4n) is 2.65. The van der Waals surface area contributed by atoms with Crippen LogP contribution in [-0.2, 0) is 5.67 Å². The van der Waals surface area contributed by atoms with Gasteiger partial charge in [-0.3, -0.25) is 4.99 Å². The van der Waals surface area contributed by atoms with Gasteiger partial charge in [0.15, 0.2) is 5.96 Å². The van der Waals surface area contributed by atoms with Crippen molar-refractivity contribution in [1.82, 2.24) is 10.6 Å². The van der Waals surface area contributed by atoms with Crippen LogP contribution < -0.4 is 10.6 Å². The number of alkyl halides is 1. The number of nitrogens with one attached hydrogen (secondary N) is 2. The van der Waals surface area contributed by atoms with Crippen molar-refractivity contribution in [2.45, 2.75) is 31.0 Å². The molecule has 6 heteroatoms. The van der Waals surface area contributed by atoms with Crippen LogP contribution in [0.5, 0.6) is 0 Å². The van der Waals surface area contributed by atoms with E-state index in [1.807, 2.05) is 0 Å². The number of benzene rings is 1. The molecule has 0 bridgehead atoms. The van der Waals surface area contributed by atoms with E-state index >= 15 is 0 Å². The predicted molar refractivity (Wildman–Crippen MR) is 90.7 cm³/mol. The zero-order chi connectivity index (χ0) is 13.3. The van der Waals surface area contributed by atoms with Crippen LogP contribution in [0.25, 0.3) is 0 Å². The van der Waals surface area contributed by atoms with Gasteiger partial charge in [0.2, 0.25) is 0 Å². The Morgan fingerprint density at radius 3 is 2.85 bits per heavy atom. The summed E-state index contributed by atoms with van der Waals surface area (Å²) >= 11 is 5.91. The number of hydrogen-bond acceptors (Lipinski definition) is 3. The predicted octanol–water partition coefficient (Wildman–Crippen LogP) is 3.22. The van der Waals surface area contributed by atoms with Crippen LogP contribution in [0.15, 0.2) is 29.3 Å². The second-order valence-corrected chi connectivity index (χ2v) is 5.67. The molecule has 0 unspecified atom stereocenters. The van der Waals surface area contributed by atoms with E-state index in [9.17, 15) is 4.39 Å². The van der Waals surface area contributed by atoms with Crippen LogP contribution in [0, 0.1) is 0 Å². The molecular formula is C14H18ClFIN3. The topological polar surface area (TPSA) is 36.4 Å². The summed E-state index contributed by atoms with van der Waals surface area (Å²) in [6, 6.07) is 7.23. The number of aliphatic imine (C=N–C) groups is 1. The normalized spacial score (nSPS) is 28.5. The summed E-state index contributed by atoms with van der Waals surface area (Å²) in [4.78, 5) is 4.34. The number of halogens is 3. The van der Waals surface area contributed by atoms with Crippen LogP contribution >= 0.6 is 35.6 Å². The molecule has 110 valence electrons. The lowest BCUT2D eigenvalue weighted by Gasteiger charge is -2.42. The molecule has 0 aromatic heterocycles. The number of guanidine groups is 1. The Balaban J connectivity index is 0.00000147. The standard InChI is InChI=1S/C14H17ClFN3.HI/c15-11-4-1-3-10(7-11)14(16)8-12(9-14)19-13-17-5-2-6-18-13;/h1,3-4,7,12H,2,5-6,8-9H2,(H2,17,18,19);1H. The molecule has 1 fully saturated rings. The van der Waals surface area contributed by atoms with Gasteiger partial charge in [0.1, 0.15) is 5.67 Å². The Bertz CT molecular complexity index is 503. The summed E-state index contributed by atoms with van der Waals surface area (Å²) in [6.07, 6.45) is 1.99. The minimum Gasteiger partial charge on any atom is -0.356 e. The lowest BCUT2D eigenvalue weighted by atomic mass is 9.73. The van der Waals surface area contributed by atoms with Crippen molar-refractivity contribution in [1.29, 1.82) is 0 Å². The fourth-order valence-corrected chi connectivity index (χ4v) is 2.84. The average molecular weight is 410 g/mol. The van der Waals surface area contributed by atoms with E-state index in [2.05, 4.69) is 15.6 Å². The van der Waals surface area contributed by atoms with E-state index in [1.54, 1.807) is 24.3 Å². The smallest absolute Gasteiger partial charge is 0.191 e. The quantitative estimate of drug-likeness (QED) is 0.736. The molecule has 0 amide bonds. The largest absolute Gasteiger partial charge is 0.356 e. The molecule has 2 N–H and O–H groups in total. The first-order valence-corrected chi connectivity index (χ1v) is 7.03. The number of hydrogen-bond donors (Lipinski definition) is 2. The summed E-state index contributed by atoms with van der Waals surface area (Å²) < 4.78 is 14.7. The molecule has 0 radical (unpaired) electrons. The molecule has 3 rings (SSSR count). The van der Waals surface area contributed by atoms with Gasteiger partial charge in [-0.25, -0.2) is 4.39 Å². The Morgan fingerprint density at radius 2 is 2.20 bits per heavy atom. The van der Waals surface area contributed by atoms with Crippen molar-refractivity contribution in [2.24, 2.45) is 4.99 Å². The van der Waals surface area contributed by atoms with Crippen LogP contribution in [0.4, 0.5) is 4.39 Å². The van der Waals surface area contributed by atoms with E-state index in [0.717, 1.165) is 25.5 Å². The van der Waals surface area contributed by atoms with Gasteiger partial charge in [-0.2, -0.15) is 0 Å². The molecular weight excluding hydrogens is 392 g/mol. The van der Waals surface area contributed by atoms with Crippen molar-refractivity contribution < 1.29 is 4.39 Å². The average Bonchev–Trinajstić information content (AvgIpc) is 2.38. The highest BCUT2D eigenvalue weighted by molar-refractivity contribution is 14.0. The lowest BCUT2D eigenvalue weighted by Crippen LogP contribution is -2.54. The van der Waals surface area contributed by atoms with Gasteiger partial charge in [0.25, 0.3) is 0 Å². The van der Waals surface area contributed by atoms with Gasteiger partial charge >= 0.3 is 0 Å². The first-order valence-electron chi connectivity index (χ1n) is 6.65. The molecule has 1 aromatic carbocycles. The van der Waals surface area contributed by atoms with Crippen LogP contribution in [0.3, 0.4) is 0 Å². The minimum absolute atomic E-state index is 0. The second-order valence-electron chi connectivity index (χ2n) is 5.24. The summed E-state index contributed by atoms with van der Waals surface area (Å²) in [5.74, 6) is 0.810. The molecule has 1 aliphatic heterocycles. The first kappa shape index (κ1) is 15.8. The van der Waals surface area contributed by atoms with Gasteiger partial charge in [0.05, 0.1) is 0 Å². The molecule has 1 aromatic rings. The van der Waals surface area contributed by atoms with Crippen LogP contribution in [-0.4, -0.2) is 25.1 Å². The second kappa shape index (κ2) is 6.47. The Hall–Kier alpha value is -0.560. The lowest BCUT2D eigenvalue weighted by molar-refractivity contribution is 0.0324. The van der Waals surface area contributed by atoms with Crippen molar-refractivity contribution in [2.75, 3.05) is 13.1 Å². The zero-order valence-corrected chi connectivity index (χ0v) is 14.1. The molecule has 2 aliphatic rings. The molecule has 1 saturated carbocycles. The van der Waals surface area contributed by atoms with Gasteiger partial charge in [-0.1, -0.05) is 23.7 Å². The highest BCUT2D eigenvalue weighted by Crippen LogP contribution is 2.45. The van der Waals surface area contributed by atoms with Gasteiger partial charge < -0.3 is 10.6 Å². The third kappa shape index (κ3) is 3.36. The number of nitrogens with zero attached hydrogens (tertiary/aromatic N) is 1. The van der Waals surface area contributed by atoms with Gasteiger partial charge in [-0.15, -0.1) is 24.0 Å². The SMILES string of the molecule is FC1(c2cccc(Cl)c2)CC(NC2=NCCCN2)C1.I. The summed E-state index contributed by atoms with van der Waals surface area (Å²) in [6.45, 7) is 1.78. The van der Waals surface area contributed by atoms with Crippen molar-refractivity contribution in [3.63, 3.8) is 0 Å². The highest BCUT2D eigenvalue weighted by atomic mass is 127. The Kier molecular flexibility index (Phi) is 5.12. The van der Waals surface area contributed by atoms with Crippen molar-refractivity contribution in [3.8, 4) is 0 Å². The molecule has 0 atom stereocenters. The van der Waals surface area contributed by atoms with Gasteiger partial charge in [0, 0.05) is 37.0 Å². The minimum atomic E-state index is -1.25. The molecule has 0 spiro atoms. The van der Waals surface area contributed by atoms with E-state index in [0.29, 0.717) is 23.4 Å². The maximum atomic E-state index is 14.7. The third-order valence-corrected chi connectivity index (χ3v) is 3.96. The third-order valence-electron chi connectivity index (χ3n) is 3.72. The number of rotatable bonds is 2. The molecule has 1 aliphatic carbocycles. The first-order chi connectivity index (χ1) is 9.16. The maximum Gasteiger partial charge on any atom is 0.191 e. The van der Waals surface area contributed by atoms with Crippen LogP contribution in [0.2, 0.25) is 5.02 Å². The maximum absolute atomic E-state index is 14.7. The summed E-state index contributed by atoms with van der Waals surface area (Å²) in [5.41, 5.74) is -0.575. The fraction of sp³-hybridized carbons (Fsp3) is 0.500. The van der Waals surface area contributed by atoms with E-state index in [1.165, 1.54) is 0 Å². The zero-order valence-electron chi connectivity index (χ0n) is 11.0. The van der Waals surface area contributed by atoms with Gasteiger partial charge in [-0.05, 0) is 24.1 Å². The van der Waals surface area contributed by atoms with E-state index in [4.69, 9.17) is 11.6 Å². The van der Waals surface area contributed by atoms with Crippen molar-refractivity contribution in [3.05, 3.63) is 34.9 Å². The Labute approximate surface area is 140 Å².